The van der Waals surface area contributed by atoms with Crippen molar-refractivity contribution in [1.82, 2.24) is 0 Å². The fourth-order valence-corrected chi connectivity index (χ4v) is 1.44. The lowest BCUT2D eigenvalue weighted by Gasteiger charge is -2.06. The number of hydrogen-bond donors (Lipinski definition) is 1. The van der Waals surface area contributed by atoms with E-state index in [0.29, 0.717) is 18.2 Å². The first-order chi connectivity index (χ1) is 7.80. The SMILES string of the molecule is O=C(O)c1cc2c(C(F)(F)F)ccc(F)c2o1. The van der Waals surface area contributed by atoms with Gasteiger partial charge in [-0.25, -0.2) is 9.18 Å². The zero-order valence-electron chi connectivity index (χ0n) is 8.01. The average molecular weight is 248 g/mol. The summed E-state index contributed by atoms with van der Waals surface area (Å²) in [6.07, 6.45) is -4.70. The molecule has 17 heavy (non-hydrogen) atoms. The summed E-state index contributed by atoms with van der Waals surface area (Å²) in [4.78, 5) is 10.5. The highest BCUT2D eigenvalue weighted by Crippen LogP contribution is 2.37. The van der Waals surface area contributed by atoms with E-state index in [2.05, 4.69) is 4.42 Å². The van der Waals surface area contributed by atoms with Crippen LogP contribution in [0, 0.1) is 5.82 Å². The number of carbonyl (C=O) groups is 1. The zero-order chi connectivity index (χ0) is 12.8. The Morgan fingerprint density at radius 1 is 1.29 bits per heavy atom. The molecule has 1 heterocycles. The van der Waals surface area contributed by atoms with Gasteiger partial charge in [0.15, 0.2) is 11.4 Å². The Labute approximate surface area is 91.3 Å². The summed E-state index contributed by atoms with van der Waals surface area (Å²) in [6, 6.07) is 1.78. The van der Waals surface area contributed by atoms with Gasteiger partial charge in [-0.05, 0) is 12.1 Å². The van der Waals surface area contributed by atoms with E-state index in [0.717, 1.165) is 0 Å². The van der Waals surface area contributed by atoms with Gasteiger partial charge in [0, 0.05) is 11.5 Å². The summed E-state index contributed by atoms with van der Waals surface area (Å²) in [5.41, 5.74) is -1.85. The molecule has 0 aliphatic carbocycles. The molecule has 0 spiro atoms. The summed E-state index contributed by atoms with van der Waals surface area (Å²) in [5.74, 6) is -3.34. The van der Waals surface area contributed by atoms with Gasteiger partial charge < -0.3 is 9.52 Å². The number of benzene rings is 1. The molecule has 7 heteroatoms. The molecule has 3 nitrogen and oxygen atoms in total. The van der Waals surface area contributed by atoms with Crippen molar-refractivity contribution in [3.8, 4) is 0 Å². The Hall–Kier alpha value is -2.05. The molecule has 0 bridgehead atoms. The topological polar surface area (TPSA) is 50.4 Å². The minimum absolute atomic E-state index is 0.540. The van der Waals surface area contributed by atoms with E-state index in [1.165, 1.54) is 0 Å². The molecule has 1 aromatic heterocycles. The van der Waals surface area contributed by atoms with Crippen LogP contribution in [0.2, 0.25) is 0 Å². The summed E-state index contributed by atoms with van der Waals surface area (Å²) in [5, 5.41) is 7.97. The maximum absolute atomic E-state index is 13.2. The van der Waals surface area contributed by atoms with Crippen molar-refractivity contribution in [2.75, 3.05) is 0 Å². The van der Waals surface area contributed by atoms with Crippen LogP contribution in [0.25, 0.3) is 11.0 Å². The first-order valence-corrected chi connectivity index (χ1v) is 4.33. The minimum atomic E-state index is -4.70. The maximum atomic E-state index is 13.2. The molecule has 0 aliphatic rings. The Morgan fingerprint density at radius 2 is 1.94 bits per heavy atom. The molecule has 0 saturated heterocycles. The smallest absolute Gasteiger partial charge is 0.417 e. The van der Waals surface area contributed by atoms with E-state index < -0.39 is 40.3 Å². The number of rotatable bonds is 1. The largest absolute Gasteiger partial charge is 0.475 e. The zero-order valence-corrected chi connectivity index (χ0v) is 8.01. The number of carboxylic acids is 1. The molecule has 90 valence electrons. The highest BCUT2D eigenvalue weighted by atomic mass is 19.4. The summed E-state index contributed by atoms with van der Waals surface area (Å²) < 4.78 is 55.3. The van der Waals surface area contributed by atoms with Gasteiger partial charge in [-0.2, -0.15) is 13.2 Å². The maximum Gasteiger partial charge on any atom is 0.417 e. The number of alkyl halides is 3. The van der Waals surface area contributed by atoms with Crippen molar-refractivity contribution in [2.24, 2.45) is 0 Å². The lowest BCUT2D eigenvalue weighted by atomic mass is 10.1. The molecule has 2 aromatic rings. The third-order valence-corrected chi connectivity index (χ3v) is 2.15. The normalized spacial score (nSPS) is 12.0. The Bertz CT molecular complexity index is 597. The monoisotopic (exact) mass is 248 g/mol. The first kappa shape index (κ1) is 11.4. The lowest BCUT2D eigenvalue weighted by molar-refractivity contribution is -0.136. The van der Waals surface area contributed by atoms with Crippen molar-refractivity contribution < 1.29 is 31.9 Å². The molecule has 0 radical (unpaired) electrons. The van der Waals surface area contributed by atoms with Crippen LogP contribution in [0.5, 0.6) is 0 Å². The van der Waals surface area contributed by atoms with Crippen LogP contribution in [-0.4, -0.2) is 11.1 Å². The van der Waals surface area contributed by atoms with Gasteiger partial charge in [-0.15, -0.1) is 0 Å². The molecule has 1 N–H and O–H groups in total. The third kappa shape index (κ3) is 1.83. The van der Waals surface area contributed by atoms with Crippen LogP contribution >= 0.6 is 0 Å². The number of furan rings is 1. The molecule has 2 rings (SSSR count). The van der Waals surface area contributed by atoms with Crippen LogP contribution < -0.4 is 0 Å². The number of fused-ring (bicyclic) bond motifs is 1. The van der Waals surface area contributed by atoms with Gasteiger partial charge in [0.2, 0.25) is 5.76 Å². The number of aromatic carboxylic acids is 1. The van der Waals surface area contributed by atoms with Gasteiger partial charge in [-0.1, -0.05) is 0 Å². The van der Waals surface area contributed by atoms with Crippen molar-refractivity contribution in [1.29, 1.82) is 0 Å². The van der Waals surface area contributed by atoms with E-state index in [1.807, 2.05) is 0 Å². The summed E-state index contributed by atoms with van der Waals surface area (Å²) in [7, 11) is 0. The average Bonchev–Trinajstić information content (AvgIpc) is 2.61. The Kier molecular flexibility index (Phi) is 2.34. The lowest BCUT2D eigenvalue weighted by Crippen LogP contribution is -2.05. The number of carboxylic acid groups (broad SMARTS) is 1. The molecule has 1 aromatic carbocycles. The van der Waals surface area contributed by atoms with Gasteiger partial charge in [0.25, 0.3) is 0 Å². The highest BCUT2D eigenvalue weighted by molar-refractivity contribution is 5.93. The summed E-state index contributed by atoms with van der Waals surface area (Å²) in [6.45, 7) is 0. The standard InChI is InChI=1S/C10H4F4O3/c11-6-2-1-5(10(12,13)14)4-3-7(9(15)16)17-8(4)6/h1-3H,(H,15,16). The second-order valence-corrected chi connectivity index (χ2v) is 3.25. The van der Waals surface area contributed by atoms with E-state index in [4.69, 9.17) is 5.11 Å². The third-order valence-electron chi connectivity index (χ3n) is 2.15. The molecular weight excluding hydrogens is 244 g/mol. The Morgan fingerprint density at radius 3 is 2.47 bits per heavy atom. The summed E-state index contributed by atoms with van der Waals surface area (Å²) >= 11 is 0. The van der Waals surface area contributed by atoms with E-state index in [-0.39, 0.29) is 0 Å². The van der Waals surface area contributed by atoms with Crippen molar-refractivity contribution in [3.05, 3.63) is 35.3 Å². The van der Waals surface area contributed by atoms with Gasteiger partial charge in [0.05, 0.1) is 5.56 Å². The van der Waals surface area contributed by atoms with Crippen LogP contribution in [0.1, 0.15) is 16.1 Å². The molecule has 0 unspecified atom stereocenters. The quantitative estimate of drug-likeness (QED) is 0.788. The molecule has 0 amide bonds. The second-order valence-electron chi connectivity index (χ2n) is 3.25. The van der Waals surface area contributed by atoms with Crippen LogP contribution in [0.15, 0.2) is 22.6 Å². The Balaban J connectivity index is 2.81. The molecule has 0 fully saturated rings. The fraction of sp³-hybridized carbons (Fsp3) is 0.100. The van der Waals surface area contributed by atoms with Crippen molar-refractivity contribution >= 4 is 16.9 Å². The molecule has 0 saturated carbocycles. The molecular formula is C10H4F4O3. The van der Waals surface area contributed by atoms with Crippen LogP contribution in [0.4, 0.5) is 17.6 Å². The van der Waals surface area contributed by atoms with E-state index in [1.54, 1.807) is 0 Å². The molecule has 0 aliphatic heterocycles. The van der Waals surface area contributed by atoms with Crippen molar-refractivity contribution in [3.63, 3.8) is 0 Å². The van der Waals surface area contributed by atoms with E-state index in [9.17, 15) is 22.4 Å². The predicted molar refractivity (Wildman–Crippen MR) is 48.1 cm³/mol. The van der Waals surface area contributed by atoms with E-state index >= 15 is 0 Å². The van der Waals surface area contributed by atoms with Gasteiger partial charge in [-0.3, -0.25) is 0 Å². The van der Waals surface area contributed by atoms with Crippen molar-refractivity contribution in [2.45, 2.75) is 6.18 Å². The molecule has 0 atom stereocenters. The highest BCUT2D eigenvalue weighted by Gasteiger charge is 2.34. The second kappa shape index (κ2) is 3.47. The van der Waals surface area contributed by atoms with Crippen LogP contribution in [-0.2, 0) is 6.18 Å². The van der Waals surface area contributed by atoms with Crippen LogP contribution in [0.3, 0.4) is 0 Å². The number of hydrogen-bond acceptors (Lipinski definition) is 2. The van der Waals surface area contributed by atoms with Gasteiger partial charge >= 0.3 is 12.1 Å². The van der Waals surface area contributed by atoms with Gasteiger partial charge in [0.1, 0.15) is 0 Å². The first-order valence-electron chi connectivity index (χ1n) is 4.33. The minimum Gasteiger partial charge on any atom is -0.475 e. The predicted octanol–water partition coefficient (Wildman–Crippen LogP) is 3.29. The number of halogens is 4. The fourth-order valence-electron chi connectivity index (χ4n) is 1.44.